The molecule has 0 saturated carbocycles. The smallest absolute Gasteiger partial charge is 0.303 e. The summed E-state index contributed by atoms with van der Waals surface area (Å²) in [5, 5.41) is 21.0. The minimum absolute atomic E-state index is 0.00915. The van der Waals surface area contributed by atoms with Crippen LogP contribution in [0.2, 0.25) is 0 Å². The molecule has 1 heterocycles. The minimum Gasteiger partial charge on any atom is -0.481 e. The number of aliphatic hydroxyl groups is 1. The van der Waals surface area contributed by atoms with Gasteiger partial charge in [0.2, 0.25) is 5.91 Å². The van der Waals surface area contributed by atoms with Crippen LogP contribution in [0.3, 0.4) is 0 Å². The van der Waals surface area contributed by atoms with E-state index < -0.39 is 12.3 Å². The zero-order chi connectivity index (χ0) is 28.5. The lowest BCUT2D eigenvalue weighted by Crippen LogP contribution is -2.38. The maximum atomic E-state index is 12.2. The molecule has 1 aliphatic rings. The van der Waals surface area contributed by atoms with E-state index in [9.17, 15) is 14.7 Å². The van der Waals surface area contributed by atoms with E-state index in [1.165, 1.54) is 5.56 Å². The summed E-state index contributed by atoms with van der Waals surface area (Å²) in [6.45, 7) is 2.89. The van der Waals surface area contributed by atoms with Gasteiger partial charge >= 0.3 is 5.97 Å². The van der Waals surface area contributed by atoms with Gasteiger partial charge in [-0.2, -0.15) is 0 Å². The molecule has 8 nitrogen and oxygen atoms in total. The fourth-order valence-corrected chi connectivity index (χ4v) is 4.85. The summed E-state index contributed by atoms with van der Waals surface area (Å²) in [6, 6.07) is 25.8. The molecule has 0 unspecified atom stereocenters. The first kappa shape index (κ1) is 29.4. The molecule has 3 N–H and O–H groups in total. The van der Waals surface area contributed by atoms with Crippen molar-refractivity contribution >= 4 is 17.6 Å². The van der Waals surface area contributed by atoms with Crippen LogP contribution in [-0.4, -0.2) is 46.7 Å². The summed E-state index contributed by atoms with van der Waals surface area (Å²) in [5.41, 5.74) is 4.58. The maximum absolute atomic E-state index is 12.2. The lowest BCUT2D eigenvalue weighted by molar-refractivity contribution is -0.253. The largest absolute Gasteiger partial charge is 0.481 e. The number of carbonyl (C=O) groups is 2. The number of amides is 1. The van der Waals surface area contributed by atoms with Crippen molar-refractivity contribution in [2.45, 2.75) is 63.8 Å². The Hall–Kier alpha value is -3.56. The number of nitrogens with one attached hydrogen (secondary N) is 1. The number of ether oxygens (including phenoxy) is 2. The van der Waals surface area contributed by atoms with E-state index in [4.69, 9.17) is 14.6 Å². The molecule has 1 aliphatic heterocycles. The van der Waals surface area contributed by atoms with Crippen LogP contribution in [0.4, 0.5) is 5.69 Å². The number of hydrogen-bond donors (Lipinski definition) is 3. The highest BCUT2D eigenvalue weighted by Crippen LogP contribution is 2.39. The van der Waals surface area contributed by atoms with Crippen LogP contribution in [0.1, 0.15) is 73.3 Å². The van der Waals surface area contributed by atoms with E-state index >= 15 is 0 Å². The van der Waals surface area contributed by atoms with Gasteiger partial charge < -0.3 is 25.0 Å². The van der Waals surface area contributed by atoms with Crippen molar-refractivity contribution in [1.29, 1.82) is 0 Å². The Kier molecular flexibility index (Phi) is 10.4. The van der Waals surface area contributed by atoms with Crippen LogP contribution in [-0.2, 0) is 25.7 Å². The monoisotopic (exact) mass is 546 g/mol. The van der Waals surface area contributed by atoms with Gasteiger partial charge in [0.15, 0.2) is 6.29 Å². The van der Waals surface area contributed by atoms with Gasteiger partial charge in [-0.25, -0.2) is 0 Å². The van der Waals surface area contributed by atoms with E-state index in [0.29, 0.717) is 25.1 Å². The van der Waals surface area contributed by atoms with Crippen LogP contribution in [0.15, 0.2) is 78.9 Å². The summed E-state index contributed by atoms with van der Waals surface area (Å²) < 4.78 is 12.9. The van der Waals surface area contributed by atoms with Crippen molar-refractivity contribution in [2.24, 2.45) is 0 Å². The fourth-order valence-electron chi connectivity index (χ4n) is 4.85. The Morgan fingerprint density at radius 1 is 0.950 bits per heavy atom. The molecule has 0 bridgehead atoms. The highest BCUT2D eigenvalue weighted by Gasteiger charge is 2.33. The van der Waals surface area contributed by atoms with Crippen molar-refractivity contribution in [3.05, 3.63) is 101 Å². The molecule has 0 aromatic heterocycles. The summed E-state index contributed by atoms with van der Waals surface area (Å²) in [4.78, 5) is 25.1. The van der Waals surface area contributed by atoms with Gasteiger partial charge in [0.1, 0.15) is 0 Å². The average Bonchev–Trinajstić information content (AvgIpc) is 2.97. The van der Waals surface area contributed by atoms with Crippen molar-refractivity contribution in [1.82, 2.24) is 4.90 Å². The molecule has 0 aliphatic carbocycles. The molecule has 212 valence electrons. The molecule has 8 heteroatoms. The number of aliphatic carboxylic acids is 1. The SMILES string of the molecule is C[C@@H](c1ccccc1)N(C)C[C@H]1C[C@@H](c2ccc(CO)cc2)O[C@@H](c2ccc(NC(=O)CCCC(=O)O)cc2)O1. The molecule has 1 fully saturated rings. The van der Waals surface area contributed by atoms with Gasteiger partial charge in [0.05, 0.1) is 18.8 Å². The molecule has 3 aromatic carbocycles. The normalized spacial score (nSPS) is 19.8. The van der Waals surface area contributed by atoms with Gasteiger partial charge in [-0.3, -0.25) is 14.5 Å². The number of carboxylic acid groups (broad SMARTS) is 1. The molecule has 3 aromatic rings. The number of nitrogens with zero attached hydrogens (tertiary/aromatic N) is 1. The molecular formula is C32H38N2O6. The average molecular weight is 547 g/mol. The summed E-state index contributed by atoms with van der Waals surface area (Å²) in [5.74, 6) is -1.13. The molecule has 0 radical (unpaired) electrons. The van der Waals surface area contributed by atoms with Crippen LogP contribution in [0.5, 0.6) is 0 Å². The third-order valence-corrected chi connectivity index (χ3v) is 7.31. The maximum Gasteiger partial charge on any atom is 0.303 e. The fraction of sp³-hybridized carbons (Fsp3) is 0.375. The predicted octanol–water partition coefficient (Wildman–Crippen LogP) is 5.61. The Balaban J connectivity index is 1.46. The quantitative estimate of drug-likeness (QED) is 0.271. The van der Waals surface area contributed by atoms with E-state index in [1.807, 2.05) is 42.5 Å². The number of benzene rings is 3. The molecule has 4 atom stereocenters. The highest BCUT2D eigenvalue weighted by molar-refractivity contribution is 5.90. The van der Waals surface area contributed by atoms with Crippen molar-refractivity contribution in [3.63, 3.8) is 0 Å². The van der Waals surface area contributed by atoms with Crippen molar-refractivity contribution < 1.29 is 29.3 Å². The van der Waals surface area contributed by atoms with Crippen LogP contribution in [0, 0.1) is 0 Å². The Morgan fingerprint density at radius 2 is 1.62 bits per heavy atom. The van der Waals surface area contributed by atoms with Gasteiger partial charge in [0, 0.05) is 43.1 Å². The number of carboxylic acids is 1. The molecule has 4 rings (SSSR count). The number of anilines is 1. The third kappa shape index (κ3) is 8.22. The zero-order valence-electron chi connectivity index (χ0n) is 23.0. The second kappa shape index (κ2) is 14.2. The third-order valence-electron chi connectivity index (χ3n) is 7.31. The zero-order valence-corrected chi connectivity index (χ0v) is 23.0. The second-order valence-electron chi connectivity index (χ2n) is 10.3. The summed E-state index contributed by atoms with van der Waals surface area (Å²) >= 11 is 0. The van der Waals surface area contributed by atoms with E-state index in [0.717, 1.165) is 16.7 Å². The topological polar surface area (TPSA) is 108 Å². The summed E-state index contributed by atoms with van der Waals surface area (Å²) in [7, 11) is 2.10. The van der Waals surface area contributed by atoms with Crippen LogP contribution in [0.25, 0.3) is 0 Å². The Morgan fingerprint density at radius 3 is 2.27 bits per heavy atom. The number of aliphatic hydroxyl groups excluding tert-OH is 1. The van der Waals surface area contributed by atoms with E-state index in [2.05, 4.69) is 48.5 Å². The molecule has 40 heavy (non-hydrogen) atoms. The van der Waals surface area contributed by atoms with Crippen LogP contribution >= 0.6 is 0 Å². The first-order valence-corrected chi connectivity index (χ1v) is 13.7. The number of hydrogen-bond acceptors (Lipinski definition) is 6. The molecular weight excluding hydrogens is 508 g/mol. The first-order chi connectivity index (χ1) is 19.3. The second-order valence-corrected chi connectivity index (χ2v) is 10.3. The van der Waals surface area contributed by atoms with Gasteiger partial charge in [-0.15, -0.1) is 0 Å². The highest BCUT2D eigenvalue weighted by atomic mass is 16.7. The first-order valence-electron chi connectivity index (χ1n) is 13.7. The minimum atomic E-state index is -0.911. The van der Waals surface area contributed by atoms with Gasteiger partial charge in [-0.1, -0.05) is 66.7 Å². The van der Waals surface area contributed by atoms with Gasteiger partial charge in [0.25, 0.3) is 0 Å². The number of carbonyl (C=O) groups excluding carboxylic acids is 1. The van der Waals surface area contributed by atoms with Crippen LogP contribution < -0.4 is 5.32 Å². The lowest BCUT2D eigenvalue weighted by atomic mass is 9.99. The molecule has 0 spiro atoms. The Labute approximate surface area is 235 Å². The van der Waals surface area contributed by atoms with Gasteiger partial charge in [-0.05, 0) is 49.2 Å². The molecule has 1 saturated heterocycles. The predicted molar refractivity (Wildman–Crippen MR) is 152 cm³/mol. The van der Waals surface area contributed by atoms with Crippen molar-refractivity contribution in [3.8, 4) is 0 Å². The molecule has 1 amide bonds. The van der Waals surface area contributed by atoms with Crippen molar-refractivity contribution in [2.75, 3.05) is 18.9 Å². The number of rotatable bonds is 12. The summed E-state index contributed by atoms with van der Waals surface area (Å²) in [6.07, 6.45) is 0.218. The lowest BCUT2D eigenvalue weighted by Gasteiger charge is -2.39. The van der Waals surface area contributed by atoms with E-state index in [1.54, 1.807) is 12.1 Å². The standard InChI is InChI=1S/C32H38N2O6/c1-22(24-7-4-3-5-8-24)34(2)20-28-19-29(25-13-11-23(21-35)12-14-25)40-32(39-28)26-15-17-27(18-16-26)33-30(36)9-6-10-31(37)38/h3-5,7-8,11-18,22,28-29,32,35H,6,9-10,19-21H2,1-2H3,(H,33,36)(H,37,38)/t22-,28+,29-,32-/m0/s1. The Bertz CT molecular complexity index is 1230. The van der Waals surface area contributed by atoms with E-state index in [-0.39, 0.29) is 43.6 Å². The number of likely N-dealkylation sites (N-methyl/N-ethyl adjacent to an activating group) is 1.